The highest BCUT2D eigenvalue weighted by molar-refractivity contribution is 6.43. The highest BCUT2D eigenvalue weighted by atomic mass is 35.5. The maximum atomic E-state index is 17.1. The SMILES string of the molecule is Cc1nc2c(F)c(-c3cccc(Cl)c3Cl)c(CCC#N)cc2c2c1cc(C1CC(OC3CC3)CN1C(=O)C1CC1)n2C1C2CNC1C2. The van der Waals surface area contributed by atoms with Gasteiger partial charge in [0.05, 0.1) is 45.9 Å². The summed E-state index contributed by atoms with van der Waals surface area (Å²) in [5.74, 6) is 0.334. The summed E-state index contributed by atoms with van der Waals surface area (Å²) in [4.78, 5) is 20.8. The molecular weight excluding hydrogens is 636 g/mol. The third-order valence-corrected chi connectivity index (χ3v) is 12.0. The van der Waals surface area contributed by atoms with Crippen molar-refractivity contribution in [2.24, 2.45) is 11.8 Å². The minimum absolute atomic E-state index is 0.00824. The van der Waals surface area contributed by atoms with Gasteiger partial charge in [0.2, 0.25) is 5.91 Å². The molecule has 3 saturated carbocycles. The number of carbonyl (C=O) groups excluding carboxylic acids is 1. The van der Waals surface area contributed by atoms with Crippen molar-refractivity contribution in [2.75, 3.05) is 13.1 Å². The first kappa shape index (κ1) is 29.9. The lowest BCUT2D eigenvalue weighted by Gasteiger charge is -2.39. The maximum absolute atomic E-state index is 17.1. The predicted octanol–water partition coefficient (Wildman–Crippen LogP) is 7.83. The van der Waals surface area contributed by atoms with E-state index in [4.69, 9.17) is 32.9 Å². The second-order valence-electron chi connectivity index (χ2n) is 14.3. The van der Waals surface area contributed by atoms with Crippen molar-refractivity contribution in [1.29, 1.82) is 5.26 Å². The number of carbonyl (C=O) groups is 1. The Bertz CT molecular complexity index is 2000. The molecule has 5 heterocycles. The summed E-state index contributed by atoms with van der Waals surface area (Å²) in [6.07, 6.45) is 6.84. The van der Waals surface area contributed by atoms with E-state index in [0.29, 0.717) is 52.7 Å². The predicted molar refractivity (Wildman–Crippen MR) is 180 cm³/mol. The minimum atomic E-state index is -0.460. The van der Waals surface area contributed by atoms with Crippen molar-refractivity contribution in [3.8, 4) is 17.2 Å². The van der Waals surface area contributed by atoms with E-state index >= 15 is 4.39 Å². The fourth-order valence-corrected chi connectivity index (χ4v) is 8.95. The number of hydrogen-bond acceptors (Lipinski definition) is 5. The quantitative estimate of drug-likeness (QED) is 0.206. The zero-order chi connectivity index (χ0) is 32.1. The fourth-order valence-electron chi connectivity index (χ4n) is 8.56. The third kappa shape index (κ3) is 4.80. The summed E-state index contributed by atoms with van der Waals surface area (Å²) in [7, 11) is 0. The number of likely N-dealkylation sites (tertiary alicyclic amines) is 1. The number of ether oxygens (including phenoxy) is 1. The highest BCUT2D eigenvalue weighted by Crippen LogP contribution is 2.51. The van der Waals surface area contributed by atoms with Crippen LogP contribution in [-0.2, 0) is 16.0 Å². The first-order valence-electron chi connectivity index (χ1n) is 17.0. The number of rotatable bonds is 8. The van der Waals surface area contributed by atoms with Crippen LogP contribution in [0.4, 0.5) is 4.39 Å². The Morgan fingerprint density at radius 1 is 1.15 bits per heavy atom. The topological polar surface area (TPSA) is 83.2 Å². The first-order valence-corrected chi connectivity index (χ1v) is 17.7. The number of amides is 1. The number of pyridine rings is 1. The molecule has 6 aliphatic rings. The molecule has 7 nitrogen and oxygen atoms in total. The summed E-state index contributed by atoms with van der Waals surface area (Å²) in [6, 6.07) is 12.1. The van der Waals surface area contributed by atoms with E-state index in [2.05, 4.69) is 26.9 Å². The lowest BCUT2D eigenvalue weighted by atomic mass is 9.79. The van der Waals surface area contributed by atoms with Crippen LogP contribution in [0.5, 0.6) is 0 Å². The molecule has 3 aliphatic heterocycles. The van der Waals surface area contributed by atoms with Gasteiger partial charge in [0.1, 0.15) is 5.52 Å². The van der Waals surface area contributed by atoms with E-state index < -0.39 is 5.82 Å². The van der Waals surface area contributed by atoms with Crippen molar-refractivity contribution in [2.45, 2.75) is 88.6 Å². The summed E-state index contributed by atoms with van der Waals surface area (Å²) in [6.45, 7) is 3.50. The van der Waals surface area contributed by atoms with Crippen molar-refractivity contribution < 1.29 is 13.9 Å². The van der Waals surface area contributed by atoms with Gasteiger partial charge in [-0.05, 0) is 75.1 Å². The van der Waals surface area contributed by atoms with Crippen LogP contribution in [0.2, 0.25) is 10.0 Å². The molecule has 1 N–H and O–H groups in total. The van der Waals surface area contributed by atoms with Crippen LogP contribution in [0, 0.1) is 35.9 Å². The Labute approximate surface area is 283 Å². The molecule has 10 rings (SSSR count). The van der Waals surface area contributed by atoms with Gasteiger partial charge in [-0.25, -0.2) is 9.37 Å². The molecule has 1 amide bonds. The number of nitrogens with zero attached hydrogens (tertiary/aromatic N) is 4. The highest BCUT2D eigenvalue weighted by Gasteiger charge is 2.51. The molecule has 5 unspecified atom stereocenters. The molecule has 2 aromatic heterocycles. The fraction of sp³-hybridized carbons (Fsp3) is 0.486. The number of aromatic nitrogens is 2. The molecular formula is C37H36Cl2FN5O2. The van der Waals surface area contributed by atoms with Crippen LogP contribution < -0.4 is 5.32 Å². The number of hydrogen-bond donors (Lipinski definition) is 1. The molecule has 2 bridgehead atoms. The van der Waals surface area contributed by atoms with Crippen LogP contribution >= 0.6 is 23.2 Å². The molecule has 47 heavy (non-hydrogen) atoms. The van der Waals surface area contributed by atoms with E-state index in [0.717, 1.165) is 72.7 Å². The van der Waals surface area contributed by atoms with Gasteiger partial charge in [0, 0.05) is 71.2 Å². The van der Waals surface area contributed by atoms with Crippen molar-refractivity contribution >= 4 is 50.9 Å². The molecule has 2 aromatic carbocycles. The van der Waals surface area contributed by atoms with Gasteiger partial charge in [-0.1, -0.05) is 35.3 Å². The van der Waals surface area contributed by atoms with Crippen LogP contribution in [0.1, 0.15) is 74.0 Å². The Morgan fingerprint density at radius 2 is 1.98 bits per heavy atom. The van der Waals surface area contributed by atoms with Gasteiger partial charge in [-0.15, -0.1) is 0 Å². The smallest absolute Gasteiger partial charge is 0.226 e. The number of nitrogens with one attached hydrogen (secondary N) is 1. The average molecular weight is 673 g/mol. The lowest BCUT2D eigenvalue weighted by Crippen LogP contribution is -2.41. The maximum Gasteiger partial charge on any atom is 0.226 e. The molecule has 4 aromatic rings. The van der Waals surface area contributed by atoms with E-state index in [9.17, 15) is 10.1 Å². The van der Waals surface area contributed by atoms with E-state index in [-0.39, 0.29) is 47.0 Å². The molecule has 6 fully saturated rings. The third-order valence-electron chi connectivity index (χ3n) is 11.2. The van der Waals surface area contributed by atoms with Crippen LogP contribution in [0.3, 0.4) is 0 Å². The number of nitriles is 1. The molecule has 10 heteroatoms. The van der Waals surface area contributed by atoms with Crippen molar-refractivity contribution in [1.82, 2.24) is 19.8 Å². The molecule has 5 atom stereocenters. The summed E-state index contributed by atoms with van der Waals surface area (Å²) >= 11 is 13.1. The molecule has 0 radical (unpaired) electrons. The molecule has 0 spiro atoms. The normalized spacial score (nSPS) is 26.7. The Kier molecular flexibility index (Phi) is 7.10. The number of aryl methyl sites for hydroxylation is 2. The van der Waals surface area contributed by atoms with Crippen molar-refractivity contribution in [3.05, 3.63) is 63.1 Å². The van der Waals surface area contributed by atoms with Crippen LogP contribution in [0.25, 0.3) is 32.9 Å². The number of halogens is 3. The van der Waals surface area contributed by atoms with Gasteiger partial charge < -0.3 is 19.5 Å². The molecule has 3 aliphatic carbocycles. The molecule has 3 saturated heterocycles. The minimum Gasteiger partial charge on any atom is -0.373 e. The zero-order valence-electron chi connectivity index (χ0n) is 26.2. The number of benzene rings is 2. The Morgan fingerprint density at radius 3 is 2.68 bits per heavy atom. The second kappa shape index (κ2) is 11.2. The summed E-state index contributed by atoms with van der Waals surface area (Å²) in [5.41, 5.74) is 4.59. The summed E-state index contributed by atoms with van der Waals surface area (Å²) in [5, 5.41) is 15.6. The van der Waals surface area contributed by atoms with Gasteiger partial charge in [0.25, 0.3) is 0 Å². The average Bonchev–Trinajstić information content (AvgIpc) is 3.87. The van der Waals surface area contributed by atoms with Crippen LogP contribution in [0.15, 0.2) is 30.3 Å². The number of fused-ring (bicyclic) bond motifs is 4. The standard InChI is InChI=1S/C37H36Cl2FN5O2/c1-18-25-15-30(29-14-23(47-22-9-10-22)17-44(29)37(46)19-7-8-19)45(35-21-13-28(35)42-16-21)36(25)26-12-20(4-3-11-41)31(33(40)34(26)43-18)24-5-2-6-27(38)32(24)39/h2,5-6,12,15,19,21-23,28-29,35,42H,3-4,7-10,13-14,16-17H2,1H3. The van der Waals surface area contributed by atoms with Crippen LogP contribution in [-0.4, -0.2) is 51.7 Å². The van der Waals surface area contributed by atoms with Crippen molar-refractivity contribution in [3.63, 3.8) is 0 Å². The Hall–Kier alpha value is -3.22. The first-order chi connectivity index (χ1) is 22.8. The van der Waals surface area contributed by atoms with E-state index in [1.54, 1.807) is 18.2 Å². The van der Waals surface area contributed by atoms with Gasteiger partial charge in [-0.2, -0.15) is 5.26 Å². The molecule has 242 valence electrons. The second-order valence-corrected chi connectivity index (χ2v) is 15.0. The van der Waals surface area contributed by atoms with Gasteiger partial charge in [0.15, 0.2) is 5.82 Å². The zero-order valence-corrected chi connectivity index (χ0v) is 27.8. The largest absolute Gasteiger partial charge is 0.373 e. The van der Waals surface area contributed by atoms with E-state index in [1.807, 2.05) is 13.0 Å². The van der Waals surface area contributed by atoms with Gasteiger partial charge >= 0.3 is 0 Å². The monoisotopic (exact) mass is 671 g/mol. The van der Waals surface area contributed by atoms with E-state index in [1.165, 1.54) is 0 Å². The lowest BCUT2D eigenvalue weighted by molar-refractivity contribution is -0.134. The Balaban J connectivity index is 1.29. The van der Waals surface area contributed by atoms with Gasteiger partial charge in [-0.3, -0.25) is 4.79 Å². The summed E-state index contributed by atoms with van der Waals surface area (Å²) < 4.78 is 26.0.